The van der Waals surface area contributed by atoms with E-state index in [0.717, 1.165) is 25.3 Å². The molecule has 3 rings (SSSR count). The smallest absolute Gasteiger partial charge is 0.289 e. The first-order chi connectivity index (χ1) is 11.0. The van der Waals surface area contributed by atoms with Crippen molar-refractivity contribution in [1.82, 2.24) is 9.62 Å². The molecule has 1 saturated heterocycles. The fourth-order valence-electron chi connectivity index (χ4n) is 2.92. The highest BCUT2D eigenvalue weighted by atomic mass is 35.5. The van der Waals surface area contributed by atoms with E-state index in [1.165, 1.54) is 41.4 Å². The lowest BCUT2D eigenvalue weighted by Gasteiger charge is -2.31. The van der Waals surface area contributed by atoms with Crippen LogP contribution in [0.5, 0.6) is 0 Å². The summed E-state index contributed by atoms with van der Waals surface area (Å²) in [5, 5.41) is 14.6. The Bertz CT molecular complexity index is 686. The summed E-state index contributed by atoms with van der Waals surface area (Å²) in [6, 6.07) is 5.88. The quantitative estimate of drug-likeness (QED) is 0.607. The van der Waals surface area contributed by atoms with E-state index in [9.17, 15) is 18.5 Å². The number of sulfonamides is 1. The van der Waals surface area contributed by atoms with Crippen molar-refractivity contribution in [2.24, 2.45) is 5.92 Å². The Morgan fingerprint density at radius 2 is 1.79 bits per heavy atom. The van der Waals surface area contributed by atoms with Crippen molar-refractivity contribution in [2.45, 2.75) is 36.6 Å². The van der Waals surface area contributed by atoms with Gasteiger partial charge in [0, 0.05) is 25.2 Å². The van der Waals surface area contributed by atoms with Crippen molar-refractivity contribution in [1.29, 1.82) is 0 Å². The van der Waals surface area contributed by atoms with Crippen LogP contribution in [0.4, 0.5) is 5.69 Å². The third-order valence-electron chi connectivity index (χ3n) is 4.53. The highest BCUT2D eigenvalue weighted by molar-refractivity contribution is 7.89. The van der Waals surface area contributed by atoms with E-state index in [1.54, 1.807) is 0 Å². The summed E-state index contributed by atoms with van der Waals surface area (Å²) >= 11 is 0. The Balaban J connectivity index is 0.00000208. The van der Waals surface area contributed by atoms with Crippen LogP contribution in [-0.2, 0) is 10.0 Å². The molecule has 0 bridgehead atoms. The van der Waals surface area contributed by atoms with Crippen LogP contribution in [0.1, 0.15) is 25.7 Å². The normalized spacial score (nSPS) is 19.7. The Kier molecular flexibility index (Phi) is 6.19. The third kappa shape index (κ3) is 4.24. The van der Waals surface area contributed by atoms with Crippen molar-refractivity contribution in [3.8, 4) is 0 Å². The predicted octanol–water partition coefficient (Wildman–Crippen LogP) is 2.17. The van der Waals surface area contributed by atoms with Gasteiger partial charge in [0.2, 0.25) is 10.0 Å². The number of nitrogens with zero attached hydrogens (tertiary/aromatic N) is 2. The minimum Gasteiger partial charge on any atom is -0.314 e. The van der Waals surface area contributed by atoms with E-state index in [1.807, 2.05) is 0 Å². The molecule has 1 aromatic carbocycles. The summed E-state index contributed by atoms with van der Waals surface area (Å²) in [6.45, 7) is 1.81. The van der Waals surface area contributed by atoms with Gasteiger partial charge in [-0.3, -0.25) is 10.1 Å². The van der Waals surface area contributed by atoms with Gasteiger partial charge >= 0.3 is 0 Å². The second-order valence-corrected chi connectivity index (χ2v) is 8.16. The van der Waals surface area contributed by atoms with Crippen LogP contribution in [0, 0.1) is 16.0 Å². The monoisotopic (exact) mass is 375 g/mol. The molecule has 0 unspecified atom stereocenters. The molecule has 1 N–H and O–H groups in total. The first-order valence-electron chi connectivity index (χ1n) is 7.95. The lowest BCUT2D eigenvalue weighted by molar-refractivity contribution is -0.387. The van der Waals surface area contributed by atoms with E-state index < -0.39 is 14.9 Å². The molecule has 0 amide bonds. The maximum atomic E-state index is 12.7. The number of nitrogens with one attached hydrogen (secondary N) is 1. The van der Waals surface area contributed by atoms with Crippen LogP contribution in [0.2, 0.25) is 0 Å². The van der Waals surface area contributed by atoms with Crippen LogP contribution in [0.15, 0.2) is 29.2 Å². The van der Waals surface area contributed by atoms with Gasteiger partial charge < -0.3 is 5.32 Å². The number of benzene rings is 1. The second-order valence-electron chi connectivity index (χ2n) is 6.25. The highest BCUT2D eigenvalue weighted by Gasteiger charge is 2.34. The molecule has 0 atom stereocenters. The number of hydrogen-bond donors (Lipinski definition) is 1. The minimum atomic E-state index is -3.82. The maximum absolute atomic E-state index is 12.7. The number of para-hydroxylation sites is 1. The highest BCUT2D eigenvalue weighted by Crippen LogP contribution is 2.30. The van der Waals surface area contributed by atoms with Crippen molar-refractivity contribution in [2.75, 3.05) is 19.6 Å². The number of nitro groups is 1. The molecule has 24 heavy (non-hydrogen) atoms. The zero-order chi connectivity index (χ0) is 16.4. The van der Waals surface area contributed by atoms with Gasteiger partial charge in [0.05, 0.1) is 4.92 Å². The van der Waals surface area contributed by atoms with E-state index >= 15 is 0 Å². The average Bonchev–Trinajstić information content (AvgIpc) is 3.37. The van der Waals surface area contributed by atoms with E-state index in [-0.39, 0.29) is 23.0 Å². The van der Waals surface area contributed by atoms with E-state index in [2.05, 4.69) is 5.32 Å². The fraction of sp³-hybridized carbons (Fsp3) is 0.600. The number of halogens is 1. The molecule has 1 saturated carbocycles. The molecule has 1 aliphatic carbocycles. The average molecular weight is 376 g/mol. The second kappa shape index (κ2) is 7.77. The molecule has 1 heterocycles. The molecule has 1 aliphatic heterocycles. The standard InChI is InChI=1S/C15H21N3O4S.ClH/c19-18(20)14-3-1-2-4-15(14)23(21,22)17-9-7-13(8-10-17)16-11-12-5-6-12;/h1-4,12-13,16H,5-11H2;1H. The Morgan fingerprint density at radius 3 is 2.38 bits per heavy atom. The molecule has 2 fully saturated rings. The predicted molar refractivity (Wildman–Crippen MR) is 92.9 cm³/mol. The van der Waals surface area contributed by atoms with Gasteiger partial charge in [-0.1, -0.05) is 12.1 Å². The minimum absolute atomic E-state index is 0. The molecule has 1 aromatic rings. The number of nitro benzene ring substituents is 1. The number of hydrogen-bond acceptors (Lipinski definition) is 5. The lowest BCUT2D eigenvalue weighted by Crippen LogP contribution is -2.45. The first kappa shape index (κ1) is 19.1. The fourth-order valence-corrected chi connectivity index (χ4v) is 4.55. The van der Waals surface area contributed by atoms with Crippen LogP contribution >= 0.6 is 12.4 Å². The van der Waals surface area contributed by atoms with Crippen LogP contribution in [0.3, 0.4) is 0 Å². The van der Waals surface area contributed by atoms with E-state index in [4.69, 9.17) is 0 Å². The Morgan fingerprint density at radius 1 is 1.17 bits per heavy atom. The number of piperidine rings is 1. The molecule has 134 valence electrons. The van der Waals surface area contributed by atoms with Gasteiger partial charge in [0.1, 0.15) is 0 Å². The zero-order valence-electron chi connectivity index (χ0n) is 13.3. The van der Waals surface area contributed by atoms with Crippen molar-refractivity contribution >= 4 is 28.1 Å². The van der Waals surface area contributed by atoms with Gasteiger partial charge in [-0.2, -0.15) is 4.31 Å². The van der Waals surface area contributed by atoms with Crippen LogP contribution in [0.25, 0.3) is 0 Å². The van der Waals surface area contributed by atoms with E-state index in [0.29, 0.717) is 19.1 Å². The maximum Gasteiger partial charge on any atom is 0.289 e. The SMILES string of the molecule is Cl.O=[N+]([O-])c1ccccc1S(=O)(=O)N1CCC(NCC2CC2)CC1. The van der Waals surface area contributed by atoms with Crippen molar-refractivity contribution in [3.63, 3.8) is 0 Å². The van der Waals surface area contributed by atoms with Crippen LogP contribution in [-0.4, -0.2) is 43.3 Å². The summed E-state index contributed by atoms with van der Waals surface area (Å²) in [6.07, 6.45) is 4.06. The third-order valence-corrected chi connectivity index (χ3v) is 6.47. The zero-order valence-corrected chi connectivity index (χ0v) is 14.9. The molecule has 0 radical (unpaired) electrons. The van der Waals surface area contributed by atoms with Gasteiger partial charge in [-0.25, -0.2) is 8.42 Å². The molecular formula is C15H22ClN3O4S. The van der Waals surface area contributed by atoms with Gasteiger partial charge in [0.15, 0.2) is 4.90 Å². The van der Waals surface area contributed by atoms with Gasteiger partial charge in [0.25, 0.3) is 5.69 Å². The summed E-state index contributed by atoms with van der Waals surface area (Å²) in [5.41, 5.74) is -0.360. The molecular weight excluding hydrogens is 354 g/mol. The Hall–Kier alpha value is -1.22. The molecule has 9 heteroatoms. The molecule has 0 aromatic heterocycles. The first-order valence-corrected chi connectivity index (χ1v) is 9.39. The Labute approximate surface area is 148 Å². The van der Waals surface area contributed by atoms with Crippen LogP contribution < -0.4 is 5.32 Å². The van der Waals surface area contributed by atoms with Gasteiger partial charge in [-0.15, -0.1) is 12.4 Å². The summed E-state index contributed by atoms with van der Waals surface area (Å²) in [4.78, 5) is 10.2. The lowest BCUT2D eigenvalue weighted by atomic mass is 10.1. The molecule has 0 spiro atoms. The largest absolute Gasteiger partial charge is 0.314 e. The summed E-state index contributed by atoms with van der Waals surface area (Å²) in [7, 11) is -3.82. The van der Waals surface area contributed by atoms with Gasteiger partial charge in [-0.05, 0) is 44.2 Å². The molecule has 7 nitrogen and oxygen atoms in total. The van der Waals surface area contributed by atoms with Crippen molar-refractivity contribution in [3.05, 3.63) is 34.4 Å². The number of rotatable bonds is 6. The van der Waals surface area contributed by atoms with Crippen molar-refractivity contribution < 1.29 is 13.3 Å². The molecule has 2 aliphatic rings. The summed E-state index contributed by atoms with van der Waals surface area (Å²) in [5.74, 6) is 0.795. The topological polar surface area (TPSA) is 92.5 Å². The summed E-state index contributed by atoms with van der Waals surface area (Å²) < 4.78 is 26.8.